The molecule has 112 valence electrons. The lowest BCUT2D eigenvalue weighted by atomic mass is 9.80. The van der Waals surface area contributed by atoms with Crippen LogP contribution in [0.3, 0.4) is 0 Å². The second-order valence-corrected chi connectivity index (χ2v) is 6.86. The smallest absolute Gasteiger partial charge is 0.00990 e. The molecule has 2 heteroatoms. The van der Waals surface area contributed by atoms with E-state index in [0.717, 1.165) is 36.5 Å². The van der Waals surface area contributed by atoms with Crippen molar-refractivity contribution in [2.75, 3.05) is 13.6 Å². The van der Waals surface area contributed by atoms with E-state index in [-0.39, 0.29) is 0 Å². The first kappa shape index (κ1) is 15.3. The fourth-order valence-electron chi connectivity index (χ4n) is 4.47. The normalized spacial score (nSPS) is 33.0. The zero-order valence-electron chi connectivity index (χ0n) is 13.5. The van der Waals surface area contributed by atoms with Crippen molar-refractivity contribution in [2.45, 2.75) is 83.8 Å². The zero-order valence-corrected chi connectivity index (χ0v) is 13.5. The van der Waals surface area contributed by atoms with E-state index in [1.54, 1.807) is 0 Å². The van der Waals surface area contributed by atoms with Crippen LogP contribution in [0.5, 0.6) is 0 Å². The van der Waals surface area contributed by atoms with E-state index in [4.69, 9.17) is 0 Å². The van der Waals surface area contributed by atoms with Gasteiger partial charge in [-0.05, 0) is 57.5 Å². The molecule has 2 heterocycles. The lowest BCUT2D eigenvalue weighted by molar-refractivity contribution is 0.105. The number of hydrogen-bond acceptors (Lipinski definition) is 2. The van der Waals surface area contributed by atoms with Crippen LogP contribution in [0.25, 0.3) is 0 Å². The Labute approximate surface area is 120 Å². The minimum atomic E-state index is 0.770. The summed E-state index contributed by atoms with van der Waals surface area (Å²) in [6, 6.07) is 2.53. The molecular weight excluding hydrogens is 232 g/mol. The Morgan fingerprint density at radius 2 is 1.63 bits per heavy atom. The SMILES string of the molecule is CCNC(CC(CC)CC)C1CC2CCC(C1)N2C. The standard InChI is InChI=1S/C17H34N2/c1-5-13(6-2)10-17(18-7-3)14-11-15-8-9-16(12-14)19(15)4/h13-18H,5-12H2,1-4H3. The van der Waals surface area contributed by atoms with Gasteiger partial charge in [-0.15, -0.1) is 0 Å². The van der Waals surface area contributed by atoms with Gasteiger partial charge in [0.1, 0.15) is 0 Å². The highest BCUT2D eigenvalue weighted by atomic mass is 15.2. The molecular formula is C17H34N2. The third-order valence-corrected chi connectivity index (χ3v) is 5.91. The predicted octanol–water partition coefficient (Wildman–Crippen LogP) is 3.66. The molecule has 0 spiro atoms. The number of piperidine rings is 1. The number of hydrogen-bond donors (Lipinski definition) is 1. The van der Waals surface area contributed by atoms with Crippen molar-refractivity contribution in [1.29, 1.82) is 0 Å². The van der Waals surface area contributed by atoms with Crippen LogP contribution in [0.15, 0.2) is 0 Å². The van der Waals surface area contributed by atoms with E-state index < -0.39 is 0 Å². The third-order valence-electron chi connectivity index (χ3n) is 5.91. The topological polar surface area (TPSA) is 15.3 Å². The van der Waals surface area contributed by atoms with Crippen LogP contribution in [0, 0.1) is 11.8 Å². The van der Waals surface area contributed by atoms with E-state index in [1.165, 1.54) is 44.9 Å². The Morgan fingerprint density at radius 1 is 1.05 bits per heavy atom. The number of rotatable bonds is 7. The average Bonchev–Trinajstić information content (AvgIpc) is 2.66. The van der Waals surface area contributed by atoms with Gasteiger partial charge < -0.3 is 10.2 Å². The molecule has 19 heavy (non-hydrogen) atoms. The maximum atomic E-state index is 3.82. The lowest BCUT2D eigenvalue weighted by Crippen LogP contribution is -2.47. The Hall–Kier alpha value is -0.0800. The highest BCUT2D eigenvalue weighted by Crippen LogP contribution is 2.40. The molecule has 0 aliphatic carbocycles. The van der Waals surface area contributed by atoms with Crippen molar-refractivity contribution >= 4 is 0 Å². The summed E-state index contributed by atoms with van der Waals surface area (Å²) in [6.07, 6.45) is 9.85. The number of fused-ring (bicyclic) bond motifs is 2. The van der Waals surface area contributed by atoms with Crippen molar-refractivity contribution in [3.05, 3.63) is 0 Å². The van der Waals surface area contributed by atoms with Gasteiger partial charge in [-0.2, -0.15) is 0 Å². The Morgan fingerprint density at radius 3 is 2.11 bits per heavy atom. The predicted molar refractivity (Wildman–Crippen MR) is 83.5 cm³/mol. The van der Waals surface area contributed by atoms with E-state index in [9.17, 15) is 0 Å². The third kappa shape index (κ3) is 3.52. The highest BCUT2D eigenvalue weighted by molar-refractivity contribution is 4.96. The van der Waals surface area contributed by atoms with Gasteiger partial charge >= 0.3 is 0 Å². The maximum absolute atomic E-state index is 3.82. The van der Waals surface area contributed by atoms with Crippen LogP contribution in [-0.4, -0.2) is 36.6 Å². The van der Waals surface area contributed by atoms with Gasteiger partial charge in [-0.1, -0.05) is 33.6 Å². The van der Waals surface area contributed by atoms with Crippen molar-refractivity contribution in [2.24, 2.45) is 11.8 Å². The minimum absolute atomic E-state index is 0.770. The van der Waals surface area contributed by atoms with E-state index >= 15 is 0 Å². The fraction of sp³-hybridized carbons (Fsp3) is 1.00. The summed E-state index contributed by atoms with van der Waals surface area (Å²) < 4.78 is 0. The average molecular weight is 266 g/mol. The molecule has 0 aromatic heterocycles. The monoisotopic (exact) mass is 266 g/mol. The van der Waals surface area contributed by atoms with Crippen LogP contribution < -0.4 is 5.32 Å². The molecule has 2 nitrogen and oxygen atoms in total. The van der Waals surface area contributed by atoms with Gasteiger partial charge in [-0.3, -0.25) is 0 Å². The number of nitrogens with zero attached hydrogens (tertiary/aromatic N) is 1. The number of nitrogens with one attached hydrogen (secondary N) is 1. The quantitative estimate of drug-likeness (QED) is 0.756. The Kier molecular flexibility index (Phi) is 5.70. The molecule has 0 saturated carbocycles. The molecule has 3 unspecified atom stereocenters. The van der Waals surface area contributed by atoms with Crippen LogP contribution in [0.4, 0.5) is 0 Å². The second-order valence-electron chi connectivity index (χ2n) is 6.86. The van der Waals surface area contributed by atoms with Gasteiger partial charge in [0.15, 0.2) is 0 Å². The maximum Gasteiger partial charge on any atom is 0.00990 e. The van der Waals surface area contributed by atoms with Gasteiger partial charge in [0.05, 0.1) is 0 Å². The van der Waals surface area contributed by atoms with Crippen molar-refractivity contribution < 1.29 is 0 Å². The molecule has 0 aromatic rings. The molecule has 2 aliphatic heterocycles. The highest BCUT2D eigenvalue weighted by Gasteiger charge is 2.40. The van der Waals surface area contributed by atoms with Gasteiger partial charge in [-0.25, -0.2) is 0 Å². The molecule has 1 N–H and O–H groups in total. The summed E-state index contributed by atoms with van der Waals surface area (Å²) in [5.74, 6) is 1.84. The van der Waals surface area contributed by atoms with Crippen molar-refractivity contribution in [3.8, 4) is 0 Å². The van der Waals surface area contributed by atoms with Gasteiger partial charge in [0.2, 0.25) is 0 Å². The van der Waals surface area contributed by atoms with E-state index in [1.807, 2.05) is 0 Å². The first-order valence-corrected chi connectivity index (χ1v) is 8.64. The van der Waals surface area contributed by atoms with Gasteiger partial charge in [0.25, 0.3) is 0 Å². The van der Waals surface area contributed by atoms with Crippen LogP contribution in [-0.2, 0) is 0 Å². The first-order valence-electron chi connectivity index (χ1n) is 8.64. The second kappa shape index (κ2) is 7.08. The Balaban J connectivity index is 1.95. The summed E-state index contributed by atoms with van der Waals surface area (Å²) >= 11 is 0. The van der Waals surface area contributed by atoms with Crippen LogP contribution in [0.1, 0.15) is 65.7 Å². The van der Waals surface area contributed by atoms with E-state index in [2.05, 4.69) is 38.0 Å². The summed E-state index contributed by atoms with van der Waals surface area (Å²) in [7, 11) is 2.35. The molecule has 0 aromatic carbocycles. The fourth-order valence-corrected chi connectivity index (χ4v) is 4.47. The first-order chi connectivity index (χ1) is 9.19. The molecule has 0 amide bonds. The summed E-state index contributed by atoms with van der Waals surface area (Å²) in [5, 5.41) is 3.82. The van der Waals surface area contributed by atoms with Crippen LogP contribution >= 0.6 is 0 Å². The Bertz CT molecular complexity index is 248. The molecule has 0 radical (unpaired) electrons. The summed E-state index contributed by atoms with van der Waals surface area (Å²) in [5.41, 5.74) is 0. The van der Waals surface area contributed by atoms with Crippen molar-refractivity contribution in [1.82, 2.24) is 10.2 Å². The molecule has 2 bridgehead atoms. The molecule has 2 aliphatic rings. The summed E-state index contributed by atoms with van der Waals surface area (Å²) in [6.45, 7) is 8.11. The lowest BCUT2D eigenvalue weighted by Gasteiger charge is -2.41. The molecule has 2 fully saturated rings. The van der Waals surface area contributed by atoms with Gasteiger partial charge in [0, 0.05) is 18.1 Å². The molecule has 2 rings (SSSR count). The van der Waals surface area contributed by atoms with Crippen molar-refractivity contribution in [3.63, 3.8) is 0 Å². The minimum Gasteiger partial charge on any atom is -0.314 e. The molecule has 2 saturated heterocycles. The zero-order chi connectivity index (χ0) is 13.8. The molecule has 3 atom stereocenters. The van der Waals surface area contributed by atoms with E-state index in [0.29, 0.717) is 0 Å². The summed E-state index contributed by atoms with van der Waals surface area (Å²) in [4.78, 5) is 2.66. The largest absolute Gasteiger partial charge is 0.314 e. The van der Waals surface area contributed by atoms with Crippen LogP contribution in [0.2, 0.25) is 0 Å².